The third-order valence-electron chi connectivity index (χ3n) is 13.7. The fraction of sp³-hybridized carbons (Fsp3) is 0.698. The molecule has 7 rings (SSSR count). The van der Waals surface area contributed by atoms with Crippen LogP contribution in [-0.4, -0.2) is 110 Å². The molecule has 2 aliphatic carbocycles. The minimum Gasteiger partial charge on any atom is -0.351 e. The largest absolute Gasteiger partial charge is 0.351 e. The lowest BCUT2D eigenvalue weighted by Crippen LogP contribution is -2.61. The molecule has 4 heterocycles. The first-order valence-electron chi connectivity index (χ1n) is 21.3. The van der Waals surface area contributed by atoms with Crippen molar-refractivity contribution >= 4 is 39.0 Å². The van der Waals surface area contributed by atoms with E-state index in [9.17, 15) is 22.8 Å². The fourth-order valence-corrected chi connectivity index (χ4v) is 11.3. The number of urea groups is 1. The Labute approximate surface area is 338 Å². The molecular formula is C43H64N6O5S2. The van der Waals surface area contributed by atoms with Gasteiger partial charge in [0.15, 0.2) is 0 Å². The number of amides is 4. The van der Waals surface area contributed by atoms with Crippen LogP contribution < -0.4 is 16.0 Å². The van der Waals surface area contributed by atoms with E-state index in [1.807, 2.05) is 27.3 Å². The lowest BCUT2D eigenvalue weighted by molar-refractivity contribution is -0.138. The molecule has 11 nitrogen and oxygen atoms in total. The molecule has 4 amide bonds. The van der Waals surface area contributed by atoms with Gasteiger partial charge in [0.25, 0.3) is 0 Å². The van der Waals surface area contributed by atoms with Gasteiger partial charge in [0, 0.05) is 68.2 Å². The van der Waals surface area contributed by atoms with Crippen molar-refractivity contribution < 1.29 is 22.8 Å². The van der Waals surface area contributed by atoms with Gasteiger partial charge in [0.05, 0.1) is 18.5 Å². The maximum absolute atomic E-state index is 14.6. The SMILES string of the molecule is CS(=O)(=O)CCCCC[C@@H](NC1CCC2(CC1)CCN(Cc1ccccc1)C2)C(=O)N1CC[C@@H](NC(=O)N2CCC3(CC2)CC3)[C@@H](C(=O)NCc2cccs2)C1. The fourth-order valence-electron chi connectivity index (χ4n) is 9.90. The second kappa shape index (κ2) is 18.3. The molecule has 5 fully saturated rings. The third-order valence-corrected chi connectivity index (χ3v) is 15.6. The average Bonchev–Trinajstić information content (AvgIpc) is 3.53. The summed E-state index contributed by atoms with van der Waals surface area (Å²) in [4.78, 5) is 49.4. The van der Waals surface area contributed by atoms with Crippen LogP contribution >= 0.6 is 11.3 Å². The summed E-state index contributed by atoms with van der Waals surface area (Å²) in [5.41, 5.74) is 2.16. The summed E-state index contributed by atoms with van der Waals surface area (Å²) in [6, 6.07) is 14.0. The molecule has 3 aliphatic heterocycles. The van der Waals surface area contributed by atoms with Gasteiger partial charge in [0.1, 0.15) is 9.84 Å². The van der Waals surface area contributed by atoms with Crippen molar-refractivity contribution in [1.82, 2.24) is 30.7 Å². The van der Waals surface area contributed by atoms with Gasteiger partial charge in [-0.3, -0.25) is 14.5 Å². The van der Waals surface area contributed by atoms with Gasteiger partial charge < -0.3 is 25.8 Å². The molecule has 0 unspecified atom stereocenters. The molecule has 13 heteroatoms. The zero-order valence-corrected chi connectivity index (χ0v) is 35.0. The molecular weight excluding hydrogens is 745 g/mol. The number of benzene rings is 1. The monoisotopic (exact) mass is 808 g/mol. The van der Waals surface area contributed by atoms with Crippen LogP contribution in [0.1, 0.15) is 100 Å². The zero-order valence-electron chi connectivity index (χ0n) is 33.4. The van der Waals surface area contributed by atoms with Crippen molar-refractivity contribution in [2.75, 3.05) is 51.3 Å². The number of likely N-dealkylation sites (tertiary alicyclic amines) is 3. The first kappa shape index (κ1) is 41.2. The van der Waals surface area contributed by atoms with E-state index in [1.54, 1.807) is 11.3 Å². The van der Waals surface area contributed by atoms with Crippen molar-refractivity contribution in [3.05, 3.63) is 58.3 Å². The summed E-state index contributed by atoms with van der Waals surface area (Å²) in [6.07, 6.45) is 14.7. The topological polar surface area (TPSA) is 131 Å². The standard InChI is InChI=1S/C43H64N6O5S2/c1-56(53,54)28-7-3-6-12-38(45-34-13-16-43(17-14-34)20-24-47(32-43)30-33-9-4-2-5-10-33)40(51)49-23-15-37(36(31-49)39(50)44-29-35-11-8-27-55-35)46-41(52)48-25-21-42(18-19-42)22-26-48/h2,4-5,8-11,27,34,36-38,45H,3,6-7,12-26,28-32H2,1H3,(H,44,50)(H,46,52)/t34?,36-,37+,38+,43?/m0/s1. The molecule has 2 saturated carbocycles. The van der Waals surface area contributed by atoms with Crippen molar-refractivity contribution in [3.8, 4) is 0 Å². The van der Waals surface area contributed by atoms with E-state index in [1.165, 1.54) is 31.1 Å². The van der Waals surface area contributed by atoms with Gasteiger partial charge in [-0.25, -0.2) is 13.2 Å². The third kappa shape index (κ3) is 11.1. The van der Waals surface area contributed by atoms with Gasteiger partial charge in [-0.05, 0) is 111 Å². The van der Waals surface area contributed by atoms with Crippen LogP contribution in [-0.2, 0) is 32.5 Å². The lowest BCUT2D eigenvalue weighted by atomic mass is 9.72. The zero-order chi connectivity index (χ0) is 39.2. The molecule has 56 heavy (non-hydrogen) atoms. The molecule has 308 valence electrons. The molecule has 1 aromatic heterocycles. The van der Waals surface area contributed by atoms with Crippen LogP contribution in [0.5, 0.6) is 0 Å². The summed E-state index contributed by atoms with van der Waals surface area (Å²) >= 11 is 1.59. The van der Waals surface area contributed by atoms with Crippen molar-refractivity contribution in [3.63, 3.8) is 0 Å². The number of nitrogens with one attached hydrogen (secondary N) is 3. The molecule has 2 spiro atoms. The Bertz CT molecular complexity index is 1720. The highest BCUT2D eigenvalue weighted by molar-refractivity contribution is 7.90. The number of nitrogens with zero attached hydrogens (tertiary/aromatic N) is 3. The first-order chi connectivity index (χ1) is 27.0. The highest BCUT2D eigenvalue weighted by Crippen LogP contribution is 2.53. The minimum atomic E-state index is -3.04. The number of carbonyl (C=O) groups is 3. The summed E-state index contributed by atoms with van der Waals surface area (Å²) in [5.74, 6) is -0.542. The molecule has 1 aromatic carbocycles. The Morgan fingerprint density at radius 1 is 0.839 bits per heavy atom. The summed E-state index contributed by atoms with van der Waals surface area (Å²) in [5, 5.41) is 12.1. The quantitative estimate of drug-likeness (QED) is 0.201. The van der Waals surface area contributed by atoms with E-state index in [0.717, 1.165) is 89.0 Å². The molecule has 0 radical (unpaired) electrons. The van der Waals surface area contributed by atoms with Crippen LogP contribution in [0.25, 0.3) is 0 Å². The van der Waals surface area contributed by atoms with Crippen LogP contribution in [0, 0.1) is 16.7 Å². The number of unbranched alkanes of at least 4 members (excludes halogenated alkanes) is 2. The van der Waals surface area contributed by atoms with Gasteiger partial charge in [-0.15, -0.1) is 11.3 Å². The predicted octanol–water partition coefficient (Wildman–Crippen LogP) is 5.57. The van der Waals surface area contributed by atoms with Crippen molar-refractivity contribution in [1.29, 1.82) is 0 Å². The number of piperidine rings is 2. The molecule has 3 saturated heterocycles. The average molecular weight is 809 g/mol. The second-order valence-electron chi connectivity index (χ2n) is 17.9. The van der Waals surface area contributed by atoms with Crippen molar-refractivity contribution in [2.24, 2.45) is 16.7 Å². The number of sulfone groups is 1. The van der Waals surface area contributed by atoms with Crippen molar-refractivity contribution in [2.45, 2.75) is 121 Å². The second-order valence-corrected chi connectivity index (χ2v) is 21.2. The number of hydrogen-bond donors (Lipinski definition) is 3. The van der Waals surface area contributed by atoms with E-state index < -0.39 is 21.8 Å². The summed E-state index contributed by atoms with van der Waals surface area (Å²) in [7, 11) is -3.04. The summed E-state index contributed by atoms with van der Waals surface area (Å²) in [6.45, 7) is 5.89. The Morgan fingerprint density at radius 2 is 1.59 bits per heavy atom. The van der Waals surface area contributed by atoms with Gasteiger partial charge in [0.2, 0.25) is 11.8 Å². The maximum atomic E-state index is 14.6. The molecule has 0 bridgehead atoms. The Hall–Kier alpha value is -3.00. The van der Waals surface area contributed by atoms with E-state index in [4.69, 9.17) is 0 Å². The van der Waals surface area contributed by atoms with Gasteiger partial charge in [-0.1, -0.05) is 49.2 Å². The number of thiophene rings is 1. The molecule has 2 aromatic rings. The van der Waals surface area contributed by atoms with Crippen LogP contribution in [0.4, 0.5) is 4.79 Å². The van der Waals surface area contributed by atoms with E-state index in [-0.39, 0.29) is 42.2 Å². The number of rotatable bonds is 15. The van der Waals surface area contributed by atoms with Gasteiger partial charge in [-0.2, -0.15) is 0 Å². The Morgan fingerprint density at radius 3 is 2.29 bits per heavy atom. The maximum Gasteiger partial charge on any atom is 0.317 e. The Kier molecular flexibility index (Phi) is 13.4. The molecule has 5 aliphatic rings. The predicted molar refractivity (Wildman–Crippen MR) is 222 cm³/mol. The summed E-state index contributed by atoms with van der Waals surface area (Å²) < 4.78 is 23.6. The normalized spacial score (nSPS) is 27.0. The molecule has 3 atom stereocenters. The van der Waals surface area contributed by atoms with E-state index in [2.05, 4.69) is 51.2 Å². The highest BCUT2D eigenvalue weighted by Gasteiger charge is 2.46. The van der Waals surface area contributed by atoms with Crippen LogP contribution in [0.3, 0.4) is 0 Å². The Balaban J connectivity index is 0.981. The minimum absolute atomic E-state index is 0.00916. The smallest absolute Gasteiger partial charge is 0.317 e. The number of carbonyl (C=O) groups excluding carboxylic acids is 3. The molecule has 3 N–H and O–H groups in total. The van der Waals surface area contributed by atoms with E-state index >= 15 is 0 Å². The van der Waals surface area contributed by atoms with Gasteiger partial charge >= 0.3 is 6.03 Å². The lowest BCUT2D eigenvalue weighted by Gasteiger charge is -2.42. The number of hydrogen-bond acceptors (Lipinski definition) is 8. The first-order valence-corrected chi connectivity index (χ1v) is 24.3. The van der Waals surface area contributed by atoms with Crippen LogP contribution in [0.2, 0.25) is 0 Å². The van der Waals surface area contributed by atoms with E-state index in [0.29, 0.717) is 43.2 Å². The highest BCUT2D eigenvalue weighted by atomic mass is 32.2. The van der Waals surface area contributed by atoms with Crippen LogP contribution in [0.15, 0.2) is 47.8 Å².